The summed E-state index contributed by atoms with van der Waals surface area (Å²) >= 11 is 0. The topological polar surface area (TPSA) is 0 Å². The molecule has 0 fully saturated rings. The molecule has 0 spiro atoms. The van der Waals surface area contributed by atoms with Crippen molar-refractivity contribution in [3.05, 3.63) is 0 Å². The summed E-state index contributed by atoms with van der Waals surface area (Å²) in [4.78, 5) is 0. The Bertz CT molecular complexity index is 163. The second-order valence-corrected chi connectivity index (χ2v) is 7.12. The first-order valence-corrected chi connectivity index (χ1v) is 10.3. The van der Waals surface area contributed by atoms with E-state index in [0.29, 0.717) is 0 Å². The highest BCUT2D eigenvalue weighted by Gasteiger charge is 2.08. The highest BCUT2D eigenvalue weighted by molar-refractivity contribution is 4.61. The Hall–Kier alpha value is 0. The Morgan fingerprint density at radius 3 is 1.10 bits per heavy atom. The average Bonchev–Trinajstić information content (AvgIpc) is 2.49. The van der Waals surface area contributed by atoms with Gasteiger partial charge in [-0.1, -0.05) is 130 Å². The van der Waals surface area contributed by atoms with Crippen LogP contribution in [0.4, 0.5) is 0 Å². The summed E-state index contributed by atoms with van der Waals surface area (Å²) in [6, 6.07) is 0. The average molecular weight is 297 g/mol. The molecule has 0 radical (unpaired) electrons. The predicted octanol–water partition coefficient (Wildman–Crippen LogP) is 8.29. The fourth-order valence-corrected chi connectivity index (χ4v) is 3.37. The summed E-state index contributed by atoms with van der Waals surface area (Å²) in [5.41, 5.74) is 0. The van der Waals surface area contributed by atoms with E-state index in [4.69, 9.17) is 0 Å². The molecule has 0 aliphatic carbocycles. The highest BCUT2D eigenvalue weighted by Crippen LogP contribution is 2.23. The number of hydrogen-bond donors (Lipinski definition) is 0. The van der Waals surface area contributed by atoms with Crippen molar-refractivity contribution in [1.82, 2.24) is 0 Å². The quantitative estimate of drug-likeness (QED) is 0.237. The molecule has 0 amide bonds. The fourth-order valence-electron chi connectivity index (χ4n) is 3.37. The molecule has 0 N–H and O–H groups in total. The summed E-state index contributed by atoms with van der Waals surface area (Å²) in [6.45, 7) is 6.95. The molecule has 0 saturated heterocycles. The molecule has 0 aliphatic heterocycles. The van der Waals surface area contributed by atoms with Gasteiger partial charge in [-0.05, 0) is 5.92 Å². The van der Waals surface area contributed by atoms with Gasteiger partial charge < -0.3 is 0 Å². The van der Waals surface area contributed by atoms with E-state index in [2.05, 4.69) is 20.8 Å². The predicted molar refractivity (Wildman–Crippen MR) is 99.0 cm³/mol. The van der Waals surface area contributed by atoms with Crippen LogP contribution in [0.1, 0.15) is 130 Å². The van der Waals surface area contributed by atoms with Crippen LogP contribution in [0.15, 0.2) is 0 Å². The molecule has 0 aromatic carbocycles. The molecule has 128 valence electrons. The van der Waals surface area contributed by atoms with Gasteiger partial charge in [-0.15, -0.1) is 0 Å². The lowest BCUT2D eigenvalue weighted by Crippen LogP contribution is -2.01. The SMILES string of the molecule is CCCCCCCCCCC(CCCCC)CCCCC. The molecule has 0 aromatic heterocycles. The van der Waals surface area contributed by atoms with E-state index in [1.165, 1.54) is 109 Å². The zero-order valence-electron chi connectivity index (χ0n) is 15.6. The van der Waals surface area contributed by atoms with Gasteiger partial charge in [-0.2, -0.15) is 0 Å². The summed E-state index contributed by atoms with van der Waals surface area (Å²) in [7, 11) is 0. The van der Waals surface area contributed by atoms with Crippen molar-refractivity contribution in [1.29, 1.82) is 0 Å². The van der Waals surface area contributed by atoms with Crippen molar-refractivity contribution < 1.29 is 0 Å². The molecule has 0 aromatic rings. The maximum atomic E-state index is 2.32. The van der Waals surface area contributed by atoms with Gasteiger partial charge in [0.25, 0.3) is 0 Å². The standard InChI is InChI=1S/C21H44/c1-4-7-10-11-12-13-14-17-20-21(18-15-8-5-2)19-16-9-6-3/h21H,4-20H2,1-3H3. The zero-order valence-corrected chi connectivity index (χ0v) is 15.6. The lowest BCUT2D eigenvalue weighted by molar-refractivity contribution is 0.370. The third-order valence-corrected chi connectivity index (χ3v) is 4.90. The first-order valence-electron chi connectivity index (χ1n) is 10.3. The minimum Gasteiger partial charge on any atom is -0.0654 e. The number of hydrogen-bond acceptors (Lipinski definition) is 0. The van der Waals surface area contributed by atoms with Crippen LogP contribution in [0, 0.1) is 5.92 Å². The Balaban J connectivity index is 3.54. The Kier molecular flexibility index (Phi) is 18.1. The normalized spacial score (nSPS) is 11.4. The molecule has 0 nitrogen and oxygen atoms in total. The Labute approximate surface area is 136 Å². The molecule has 0 rings (SSSR count). The van der Waals surface area contributed by atoms with Crippen LogP contribution in [0.5, 0.6) is 0 Å². The van der Waals surface area contributed by atoms with Crippen molar-refractivity contribution in [2.24, 2.45) is 5.92 Å². The van der Waals surface area contributed by atoms with Gasteiger partial charge in [0, 0.05) is 0 Å². The lowest BCUT2D eigenvalue weighted by Gasteiger charge is -2.16. The molecule has 0 atom stereocenters. The van der Waals surface area contributed by atoms with Crippen molar-refractivity contribution in [3.8, 4) is 0 Å². The Morgan fingerprint density at radius 2 is 0.667 bits per heavy atom. The first kappa shape index (κ1) is 21.0. The van der Waals surface area contributed by atoms with Gasteiger partial charge in [0.2, 0.25) is 0 Å². The van der Waals surface area contributed by atoms with Crippen LogP contribution in [0.3, 0.4) is 0 Å². The summed E-state index contributed by atoms with van der Waals surface area (Å²) in [6.07, 6.45) is 24.8. The van der Waals surface area contributed by atoms with Crippen LogP contribution in [0.25, 0.3) is 0 Å². The van der Waals surface area contributed by atoms with E-state index in [1.807, 2.05) is 0 Å². The summed E-state index contributed by atoms with van der Waals surface area (Å²) < 4.78 is 0. The largest absolute Gasteiger partial charge is 0.0654 e. The minimum atomic E-state index is 1.04. The van der Waals surface area contributed by atoms with E-state index < -0.39 is 0 Å². The van der Waals surface area contributed by atoms with Crippen LogP contribution >= 0.6 is 0 Å². The van der Waals surface area contributed by atoms with Gasteiger partial charge in [0.1, 0.15) is 0 Å². The van der Waals surface area contributed by atoms with E-state index in [1.54, 1.807) is 0 Å². The van der Waals surface area contributed by atoms with Gasteiger partial charge in [-0.25, -0.2) is 0 Å². The molecule has 0 aliphatic rings. The van der Waals surface area contributed by atoms with E-state index in [-0.39, 0.29) is 0 Å². The van der Waals surface area contributed by atoms with Gasteiger partial charge >= 0.3 is 0 Å². The van der Waals surface area contributed by atoms with E-state index in [0.717, 1.165) is 5.92 Å². The third-order valence-electron chi connectivity index (χ3n) is 4.90. The van der Waals surface area contributed by atoms with Gasteiger partial charge in [0.05, 0.1) is 0 Å². The second-order valence-electron chi connectivity index (χ2n) is 7.12. The molecule has 0 heterocycles. The van der Waals surface area contributed by atoms with Crippen molar-refractivity contribution in [2.75, 3.05) is 0 Å². The number of rotatable bonds is 17. The third kappa shape index (κ3) is 16.2. The molecule has 0 unspecified atom stereocenters. The van der Waals surface area contributed by atoms with Crippen LogP contribution in [0.2, 0.25) is 0 Å². The summed E-state index contributed by atoms with van der Waals surface area (Å²) in [5, 5.41) is 0. The molecule has 0 saturated carbocycles. The van der Waals surface area contributed by atoms with Gasteiger partial charge in [0.15, 0.2) is 0 Å². The molecular formula is C21H44. The molecule has 0 heteroatoms. The lowest BCUT2D eigenvalue weighted by atomic mass is 9.90. The van der Waals surface area contributed by atoms with Crippen molar-refractivity contribution >= 4 is 0 Å². The van der Waals surface area contributed by atoms with Crippen molar-refractivity contribution in [2.45, 2.75) is 130 Å². The fraction of sp³-hybridized carbons (Fsp3) is 1.00. The van der Waals surface area contributed by atoms with Crippen LogP contribution in [-0.4, -0.2) is 0 Å². The number of unbranched alkanes of at least 4 members (excludes halogenated alkanes) is 11. The highest BCUT2D eigenvalue weighted by atomic mass is 14.1. The molecule has 21 heavy (non-hydrogen) atoms. The van der Waals surface area contributed by atoms with Gasteiger partial charge in [-0.3, -0.25) is 0 Å². The smallest absolute Gasteiger partial charge is 0.0414 e. The monoisotopic (exact) mass is 296 g/mol. The van der Waals surface area contributed by atoms with E-state index in [9.17, 15) is 0 Å². The molecule has 0 bridgehead atoms. The Morgan fingerprint density at radius 1 is 0.381 bits per heavy atom. The van der Waals surface area contributed by atoms with Crippen LogP contribution < -0.4 is 0 Å². The van der Waals surface area contributed by atoms with Crippen LogP contribution in [-0.2, 0) is 0 Å². The maximum Gasteiger partial charge on any atom is -0.0414 e. The van der Waals surface area contributed by atoms with E-state index >= 15 is 0 Å². The zero-order chi connectivity index (χ0) is 15.6. The minimum absolute atomic E-state index is 1.04. The second kappa shape index (κ2) is 18.1. The van der Waals surface area contributed by atoms with Crippen molar-refractivity contribution in [3.63, 3.8) is 0 Å². The summed E-state index contributed by atoms with van der Waals surface area (Å²) in [5.74, 6) is 1.04. The first-order chi connectivity index (χ1) is 10.3. The maximum absolute atomic E-state index is 2.32. The molecular weight excluding hydrogens is 252 g/mol.